The number of ether oxygens (including phenoxy) is 3. The molecular weight excluding hydrogens is 563 g/mol. The van der Waals surface area contributed by atoms with Gasteiger partial charge in [0.15, 0.2) is 0 Å². The Morgan fingerprint density at radius 2 is 1.60 bits per heavy atom. The molecule has 4 aromatic rings. The van der Waals surface area contributed by atoms with E-state index in [-0.39, 0.29) is 12.4 Å². The minimum absolute atomic E-state index is 0.243. The molecule has 1 aliphatic heterocycles. The van der Waals surface area contributed by atoms with Crippen LogP contribution in [0.3, 0.4) is 0 Å². The molecule has 1 fully saturated rings. The largest absolute Gasteiger partial charge is 0.573 e. The lowest BCUT2D eigenvalue weighted by Gasteiger charge is -2.26. The molecule has 2 aromatic heterocycles. The standard InChI is InChI=1S/C31H34F3N5O4/c32-31(33,34)43-29-12-7-25(8-13-29)9-14-30-36-27(23-42-30)22-41-28-10-5-24(6-11-28)3-1-2-4-26-21-35-39(37-26)16-15-38-17-19-40-20-18-38/h5-14,21,23H,1-4,15-20,22H2/b14-9+. The number of aromatic nitrogens is 4. The molecule has 0 amide bonds. The Kier molecular flexibility index (Phi) is 10.5. The van der Waals surface area contributed by atoms with E-state index in [9.17, 15) is 13.2 Å². The van der Waals surface area contributed by atoms with E-state index < -0.39 is 6.36 Å². The highest BCUT2D eigenvalue weighted by Crippen LogP contribution is 2.23. The number of halogens is 3. The molecule has 2 aromatic carbocycles. The Hall–Kier alpha value is -4.16. The van der Waals surface area contributed by atoms with Gasteiger partial charge in [-0.05, 0) is 67.2 Å². The minimum Gasteiger partial charge on any atom is -0.487 e. The molecule has 12 heteroatoms. The molecule has 0 bridgehead atoms. The summed E-state index contributed by atoms with van der Waals surface area (Å²) >= 11 is 0. The second kappa shape index (κ2) is 14.8. The van der Waals surface area contributed by atoms with Crippen LogP contribution in [0.4, 0.5) is 13.2 Å². The summed E-state index contributed by atoms with van der Waals surface area (Å²) in [5.74, 6) is 0.819. The van der Waals surface area contributed by atoms with Gasteiger partial charge in [-0.2, -0.15) is 15.0 Å². The average Bonchev–Trinajstić information content (AvgIpc) is 3.67. The number of oxazole rings is 1. The van der Waals surface area contributed by atoms with E-state index in [1.165, 1.54) is 36.1 Å². The predicted octanol–water partition coefficient (Wildman–Crippen LogP) is 5.81. The summed E-state index contributed by atoms with van der Waals surface area (Å²) < 4.78 is 57.4. The lowest BCUT2D eigenvalue weighted by Crippen LogP contribution is -2.38. The third-order valence-electron chi connectivity index (χ3n) is 6.86. The lowest BCUT2D eigenvalue weighted by molar-refractivity contribution is -0.274. The van der Waals surface area contributed by atoms with Crippen LogP contribution >= 0.6 is 0 Å². The third-order valence-corrected chi connectivity index (χ3v) is 6.86. The summed E-state index contributed by atoms with van der Waals surface area (Å²) in [6.07, 6.45) is 5.97. The number of morpholine rings is 1. The molecule has 3 heterocycles. The average molecular weight is 598 g/mol. The molecule has 0 aliphatic carbocycles. The molecule has 0 saturated carbocycles. The van der Waals surface area contributed by atoms with E-state index in [4.69, 9.17) is 13.9 Å². The van der Waals surface area contributed by atoms with Crippen molar-refractivity contribution in [2.24, 2.45) is 0 Å². The summed E-state index contributed by atoms with van der Waals surface area (Å²) in [7, 11) is 0. The number of benzene rings is 2. The van der Waals surface area contributed by atoms with E-state index in [2.05, 4.69) is 37.0 Å². The topological polar surface area (TPSA) is 87.7 Å². The van der Waals surface area contributed by atoms with Gasteiger partial charge in [0.2, 0.25) is 5.89 Å². The number of rotatable bonds is 14. The fraction of sp³-hybridized carbons (Fsp3) is 0.387. The maximum Gasteiger partial charge on any atom is 0.573 e. The molecule has 0 radical (unpaired) electrons. The van der Waals surface area contributed by atoms with Crippen molar-refractivity contribution in [2.45, 2.75) is 45.2 Å². The van der Waals surface area contributed by atoms with Gasteiger partial charge in [-0.15, -0.1) is 13.2 Å². The maximum absolute atomic E-state index is 12.3. The van der Waals surface area contributed by atoms with Gasteiger partial charge in [0.25, 0.3) is 0 Å². The first-order valence-corrected chi connectivity index (χ1v) is 14.3. The number of alkyl halides is 3. The first kappa shape index (κ1) is 30.3. The molecule has 0 unspecified atom stereocenters. The number of hydrogen-bond acceptors (Lipinski definition) is 8. The zero-order valence-electron chi connectivity index (χ0n) is 23.7. The molecule has 228 valence electrons. The highest BCUT2D eigenvalue weighted by atomic mass is 19.4. The molecule has 1 aliphatic rings. The molecule has 0 N–H and O–H groups in total. The molecule has 1 saturated heterocycles. The maximum atomic E-state index is 12.3. The Labute approximate surface area is 247 Å². The normalized spacial score (nSPS) is 14.4. The Bertz CT molecular complexity index is 1430. The van der Waals surface area contributed by atoms with Gasteiger partial charge in [-0.3, -0.25) is 4.90 Å². The lowest BCUT2D eigenvalue weighted by atomic mass is 10.1. The van der Waals surface area contributed by atoms with Crippen molar-refractivity contribution in [3.05, 3.63) is 89.4 Å². The SMILES string of the molecule is FC(F)(F)Oc1ccc(/C=C/c2nc(COc3ccc(CCCCc4cnn(CCN5CCOCC5)n4)cc3)co2)cc1. The summed E-state index contributed by atoms with van der Waals surface area (Å²) in [4.78, 5) is 8.53. The molecular formula is C31H34F3N5O4. The van der Waals surface area contributed by atoms with Gasteiger partial charge in [0.05, 0.1) is 31.6 Å². The fourth-order valence-electron chi connectivity index (χ4n) is 4.57. The molecule has 5 rings (SSSR count). The van der Waals surface area contributed by atoms with Gasteiger partial charge in [0, 0.05) is 25.7 Å². The summed E-state index contributed by atoms with van der Waals surface area (Å²) in [6.45, 7) is 5.53. The second-order valence-electron chi connectivity index (χ2n) is 10.2. The molecule has 0 spiro atoms. The predicted molar refractivity (Wildman–Crippen MR) is 153 cm³/mol. The smallest absolute Gasteiger partial charge is 0.487 e. The first-order valence-electron chi connectivity index (χ1n) is 14.3. The van der Waals surface area contributed by atoms with E-state index in [1.807, 2.05) is 18.3 Å². The van der Waals surface area contributed by atoms with Gasteiger partial charge in [-0.25, -0.2) is 4.98 Å². The van der Waals surface area contributed by atoms with E-state index >= 15 is 0 Å². The van der Waals surface area contributed by atoms with Crippen LogP contribution in [0.2, 0.25) is 0 Å². The van der Waals surface area contributed by atoms with Crippen molar-refractivity contribution < 1.29 is 31.8 Å². The van der Waals surface area contributed by atoms with Crippen LogP contribution in [0.25, 0.3) is 12.2 Å². The van der Waals surface area contributed by atoms with Gasteiger partial charge in [-0.1, -0.05) is 24.3 Å². The molecule has 43 heavy (non-hydrogen) atoms. The minimum atomic E-state index is -4.72. The van der Waals surface area contributed by atoms with Crippen LogP contribution in [0, 0.1) is 0 Å². The number of unbranched alkanes of at least 4 members (excludes halogenated alkanes) is 1. The monoisotopic (exact) mass is 597 g/mol. The number of aryl methyl sites for hydroxylation is 2. The van der Waals surface area contributed by atoms with E-state index in [0.29, 0.717) is 17.1 Å². The van der Waals surface area contributed by atoms with Crippen molar-refractivity contribution in [3.8, 4) is 11.5 Å². The van der Waals surface area contributed by atoms with Crippen LogP contribution in [0.1, 0.15) is 41.2 Å². The molecule has 9 nitrogen and oxygen atoms in total. The van der Waals surface area contributed by atoms with Crippen LogP contribution in [-0.2, 0) is 30.7 Å². The van der Waals surface area contributed by atoms with Crippen LogP contribution in [0.15, 0.2) is 65.4 Å². The Balaban J connectivity index is 0.982. The molecule has 0 atom stereocenters. The van der Waals surface area contributed by atoms with E-state index in [1.54, 1.807) is 16.9 Å². The Morgan fingerprint density at radius 3 is 2.37 bits per heavy atom. The van der Waals surface area contributed by atoms with Crippen molar-refractivity contribution in [1.29, 1.82) is 0 Å². The van der Waals surface area contributed by atoms with Crippen molar-refractivity contribution >= 4 is 12.2 Å². The van der Waals surface area contributed by atoms with Crippen LogP contribution < -0.4 is 9.47 Å². The van der Waals surface area contributed by atoms with Gasteiger partial charge in [0.1, 0.15) is 30.1 Å². The highest BCUT2D eigenvalue weighted by Gasteiger charge is 2.30. The number of nitrogens with zero attached hydrogens (tertiary/aromatic N) is 5. The Morgan fingerprint density at radius 1 is 0.860 bits per heavy atom. The first-order chi connectivity index (χ1) is 20.9. The van der Waals surface area contributed by atoms with Crippen molar-refractivity contribution in [1.82, 2.24) is 24.9 Å². The van der Waals surface area contributed by atoms with Crippen LogP contribution in [0.5, 0.6) is 11.5 Å². The van der Waals surface area contributed by atoms with Crippen molar-refractivity contribution in [3.63, 3.8) is 0 Å². The van der Waals surface area contributed by atoms with Crippen LogP contribution in [-0.4, -0.2) is 64.1 Å². The van der Waals surface area contributed by atoms with Gasteiger partial charge < -0.3 is 18.6 Å². The zero-order valence-corrected chi connectivity index (χ0v) is 23.7. The quantitative estimate of drug-likeness (QED) is 0.168. The second-order valence-corrected chi connectivity index (χ2v) is 10.2. The van der Waals surface area contributed by atoms with E-state index in [0.717, 1.165) is 76.5 Å². The number of hydrogen-bond donors (Lipinski definition) is 0. The summed E-state index contributed by atoms with van der Waals surface area (Å²) in [5.41, 5.74) is 3.57. The summed E-state index contributed by atoms with van der Waals surface area (Å²) in [6, 6.07) is 13.5. The third kappa shape index (κ3) is 10.3. The van der Waals surface area contributed by atoms with Gasteiger partial charge >= 0.3 is 6.36 Å². The zero-order chi connectivity index (χ0) is 29.9. The van der Waals surface area contributed by atoms with Crippen molar-refractivity contribution in [2.75, 3.05) is 32.8 Å². The highest BCUT2D eigenvalue weighted by molar-refractivity contribution is 5.66. The summed E-state index contributed by atoms with van der Waals surface area (Å²) in [5, 5.41) is 9.02. The fourth-order valence-corrected chi connectivity index (χ4v) is 4.57.